The van der Waals surface area contributed by atoms with Gasteiger partial charge in [0.2, 0.25) is 0 Å². The number of benzene rings is 1. The summed E-state index contributed by atoms with van der Waals surface area (Å²) in [5.41, 5.74) is 0.762. The van der Waals surface area contributed by atoms with E-state index in [0.29, 0.717) is 0 Å². The van der Waals surface area contributed by atoms with E-state index in [2.05, 4.69) is 5.32 Å². The van der Waals surface area contributed by atoms with Gasteiger partial charge in [-0.3, -0.25) is 4.79 Å². The van der Waals surface area contributed by atoms with Gasteiger partial charge in [0.05, 0.1) is 5.69 Å². The predicted molar refractivity (Wildman–Crippen MR) is 69.9 cm³/mol. The molecule has 1 N–H and O–H groups in total. The number of hydrogen-bond donors (Lipinski definition) is 1. The van der Waals surface area contributed by atoms with Gasteiger partial charge in [0, 0.05) is 4.90 Å². The molecule has 0 radical (unpaired) electrons. The molecule has 1 amide bonds. The van der Waals surface area contributed by atoms with Crippen LogP contribution >= 0.6 is 23.4 Å². The molecule has 0 bridgehead atoms. The number of para-hydroxylation sites is 1. The van der Waals surface area contributed by atoms with Crippen LogP contribution in [-0.2, 0) is 0 Å². The van der Waals surface area contributed by atoms with Crippen LogP contribution in [0.2, 0.25) is 5.22 Å². The fraction of sp³-hybridized carbons (Fsp3) is 0.0833. The van der Waals surface area contributed by atoms with Crippen LogP contribution in [0.1, 0.15) is 10.6 Å². The number of carbonyl (C=O) groups is 1. The van der Waals surface area contributed by atoms with E-state index >= 15 is 0 Å². The summed E-state index contributed by atoms with van der Waals surface area (Å²) in [7, 11) is 0. The third kappa shape index (κ3) is 2.84. The molecule has 5 heteroatoms. The minimum absolute atomic E-state index is 0.200. The van der Waals surface area contributed by atoms with Gasteiger partial charge in [-0.05, 0) is 42.1 Å². The zero-order chi connectivity index (χ0) is 12.3. The third-order valence-electron chi connectivity index (χ3n) is 2.15. The third-order valence-corrected chi connectivity index (χ3v) is 3.15. The summed E-state index contributed by atoms with van der Waals surface area (Å²) in [4.78, 5) is 12.8. The highest BCUT2D eigenvalue weighted by Crippen LogP contribution is 2.25. The van der Waals surface area contributed by atoms with E-state index in [1.165, 1.54) is 6.07 Å². The molecule has 17 heavy (non-hydrogen) atoms. The van der Waals surface area contributed by atoms with Gasteiger partial charge in [0.15, 0.2) is 11.0 Å². The molecule has 0 unspecified atom stereocenters. The highest BCUT2D eigenvalue weighted by molar-refractivity contribution is 7.98. The van der Waals surface area contributed by atoms with Gasteiger partial charge in [-0.15, -0.1) is 11.8 Å². The fourth-order valence-electron chi connectivity index (χ4n) is 1.37. The molecular weight excluding hydrogens is 258 g/mol. The molecule has 1 aromatic carbocycles. The van der Waals surface area contributed by atoms with Crippen molar-refractivity contribution >= 4 is 35.0 Å². The summed E-state index contributed by atoms with van der Waals surface area (Å²) >= 11 is 7.18. The van der Waals surface area contributed by atoms with Gasteiger partial charge in [0.25, 0.3) is 5.91 Å². The van der Waals surface area contributed by atoms with Crippen molar-refractivity contribution in [2.45, 2.75) is 4.90 Å². The molecule has 1 heterocycles. The van der Waals surface area contributed by atoms with Crippen molar-refractivity contribution in [3.63, 3.8) is 0 Å². The van der Waals surface area contributed by atoms with E-state index in [9.17, 15) is 4.79 Å². The van der Waals surface area contributed by atoms with Crippen LogP contribution in [-0.4, -0.2) is 12.2 Å². The topological polar surface area (TPSA) is 42.2 Å². The first-order valence-corrected chi connectivity index (χ1v) is 6.50. The Balaban J connectivity index is 2.18. The van der Waals surface area contributed by atoms with Gasteiger partial charge in [0.1, 0.15) is 0 Å². The lowest BCUT2D eigenvalue weighted by atomic mass is 10.3. The van der Waals surface area contributed by atoms with Crippen molar-refractivity contribution in [1.29, 1.82) is 0 Å². The zero-order valence-electron chi connectivity index (χ0n) is 9.07. The molecule has 2 rings (SSSR count). The molecule has 3 nitrogen and oxygen atoms in total. The van der Waals surface area contributed by atoms with Crippen LogP contribution in [0.15, 0.2) is 45.7 Å². The maximum Gasteiger partial charge on any atom is 0.291 e. The molecule has 1 aromatic heterocycles. The van der Waals surface area contributed by atoms with Gasteiger partial charge in [-0.25, -0.2) is 0 Å². The van der Waals surface area contributed by atoms with Crippen LogP contribution in [0.3, 0.4) is 0 Å². The van der Waals surface area contributed by atoms with E-state index in [0.717, 1.165) is 10.6 Å². The van der Waals surface area contributed by atoms with Crippen LogP contribution in [0, 0.1) is 0 Å². The molecule has 0 atom stereocenters. The Labute approximate surface area is 108 Å². The molecular formula is C12H10ClNO2S. The van der Waals surface area contributed by atoms with Gasteiger partial charge >= 0.3 is 0 Å². The SMILES string of the molecule is CSc1ccccc1NC(=O)c1ccc(Cl)o1. The average Bonchev–Trinajstić information content (AvgIpc) is 2.77. The standard InChI is InChI=1S/C12H10ClNO2S/c1-17-10-5-3-2-4-8(10)14-12(15)9-6-7-11(13)16-9/h2-7H,1H3,(H,14,15). The second kappa shape index (κ2) is 5.29. The van der Waals surface area contributed by atoms with E-state index < -0.39 is 0 Å². The van der Waals surface area contributed by atoms with Gasteiger partial charge in [-0.2, -0.15) is 0 Å². The number of furan rings is 1. The Hall–Kier alpha value is -1.39. The number of anilines is 1. The maximum absolute atomic E-state index is 11.8. The Morgan fingerprint density at radius 3 is 2.71 bits per heavy atom. The lowest BCUT2D eigenvalue weighted by Gasteiger charge is -2.07. The van der Waals surface area contributed by atoms with Crippen molar-refractivity contribution in [2.75, 3.05) is 11.6 Å². The number of nitrogens with one attached hydrogen (secondary N) is 1. The second-order valence-corrected chi connectivity index (χ2v) is 4.48. The molecule has 0 fully saturated rings. The summed E-state index contributed by atoms with van der Waals surface area (Å²) in [5.74, 6) is -0.107. The van der Waals surface area contributed by atoms with Crippen molar-refractivity contribution in [3.8, 4) is 0 Å². The van der Waals surface area contributed by atoms with E-state index in [4.69, 9.17) is 16.0 Å². The van der Waals surface area contributed by atoms with Crippen molar-refractivity contribution in [3.05, 3.63) is 47.4 Å². The smallest absolute Gasteiger partial charge is 0.291 e. The van der Waals surface area contributed by atoms with Crippen LogP contribution in [0.4, 0.5) is 5.69 Å². The highest BCUT2D eigenvalue weighted by Gasteiger charge is 2.12. The van der Waals surface area contributed by atoms with Gasteiger partial charge in [-0.1, -0.05) is 12.1 Å². The number of rotatable bonds is 3. The minimum atomic E-state index is -0.307. The van der Waals surface area contributed by atoms with Crippen molar-refractivity contribution < 1.29 is 9.21 Å². The van der Waals surface area contributed by atoms with Crippen LogP contribution < -0.4 is 5.32 Å². The Kier molecular flexibility index (Phi) is 3.76. The zero-order valence-corrected chi connectivity index (χ0v) is 10.6. The number of amides is 1. The molecule has 0 aliphatic heterocycles. The van der Waals surface area contributed by atoms with Crippen molar-refractivity contribution in [2.24, 2.45) is 0 Å². The average molecular weight is 268 g/mol. The fourth-order valence-corrected chi connectivity index (χ4v) is 2.07. The number of halogens is 1. The van der Waals surface area contributed by atoms with Gasteiger partial charge < -0.3 is 9.73 Å². The lowest BCUT2D eigenvalue weighted by Crippen LogP contribution is -2.11. The first-order chi connectivity index (χ1) is 8.20. The number of thioether (sulfide) groups is 1. The number of hydrogen-bond acceptors (Lipinski definition) is 3. The van der Waals surface area contributed by atoms with E-state index in [-0.39, 0.29) is 16.9 Å². The summed E-state index contributed by atoms with van der Waals surface area (Å²) in [6, 6.07) is 10.6. The van der Waals surface area contributed by atoms with E-state index in [1.54, 1.807) is 17.8 Å². The normalized spacial score (nSPS) is 10.2. The summed E-state index contributed by atoms with van der Waals surface area (Å²) < 4.78 is 5.04. The predicted octanol–water partition coefficient (Wildman–Crippen LogP) is 3.91. The van der Waals surface area contributed by atoms with Crippen LogP contribution in [0.5, 0.6) is 0 Å². The Morgan fingerprint density at radius 1 is 1.29 bits per heavy atom. The maximum atomic E-state index is 11.8. The second-order valence-electron chi connectivity index (χ2n) is 3.26. The molecule has 0 saturated heterocycles. The molecule has 0 aliphatic carbocycles. The Bertz CT molecular complexity index is 539. The summed E-state index contributed by atoms with van der Waals surface area (Å²) in [5, 5.41) is 2.98. The lowest BCUT2D eigenvalue weighted by molar-refractivity contribution is 0.0996. The monoisotopic (exact) mass is 267 g/mol. The first kappa shape index (κ1) is 12.1. The first-order valence-electron chi connectivity index (χ1n) is 4.90. The molecule has 0 aliphatic rings. The molecule has 0 spiro atoms. The van der Waals surface area contributed by atoms with Crippen LogP contribution in [0.25, 0.3) is 0 Å². The Morgan fingerprint density at radius 2 is 2.06 bits per heavy atom. The largest absolute Gasteiger partial charge is 0.440 e. The quantitative estimate of drug-likeness (QED) is 0.858. The molecule has 88 valence electrons. The summed E-state index contributed by atoms with van der Waals surface area (Å²) in [6.45, 7) is 0. The summed E-state index contributed by atoms with van der Waals surface area (Å²) in [6.07, 6.45) is 1.95. The molecule has 2 aromatic rings. The highest BCUT2D eigenvalue weighted by atomic mass is 35.5. The number of carbonyl (C=O) groups excluding carboxylic acids is 1. The van der Waals surface area contributed by atoms with E-state index in [1.807, 2.05) is 30.5 Å². The van der Waals surface area contributed by atoms with Crippen molar-refractivity contribution in [1.82, 2.24) is 0 Å². The minimum Gasteiger partial charge on any atom is -0.440 e. The molecule has 0 saturated carbocycles.